The normalized spacial score (nSPS) is 11.0. The molecule has 0 bridgehead atoms. The maximum absolute atomic E-state index is 11.9. The van der Waals surface area contributed by atoms with Gasteiger partial charge in [-0.2, -0.15) is 5.10 Å². The van der Waals surface area contributed by atoms with E-state index in [-0.39, 0.29) is 5.91 Å². The summed E-state index contributed by atoms with van der Waals surface area (Å²) in [5, 5.41) is 4.04. The highest BCUT2D eigenvalue weighted by molar-refractivity contribution is 9.10. The van der Waals surface area contributed by atoms with Crippen molar-refractivity contribution in [3.05, 3.63) is 63.1 Å². The number of nitrogens with zero attached hydrogens (tertiary/aromatic N) is 2. The summed E-state index contributed by atoms with van der Waals surface area (Å²) in [6.07, 6.45) is 1.65. The average Bonchev–Trinajstić information content (AvgIpc) is 2.53. The van der Waals surface area contributed by atoms with Crippen molar-refractivity contribution in [1.29, 1.82) is 0 Å². The van der Waals surface area contributed by atoms with Crippen LogP contribution in [0.2, 0.25) is 0 Å². The molecule has 6 heteroatoms. The van der Waals surface area contributed by atoms with Crippen LogP contribution < -0.4 is 10.3 Å². The lowest BCUT2D eigenvalue weighted by Gasteiger charge is -2.14. The summed E-state index contributed by atoms with van der Waals surface area (Å²) in [4.78, 5) is 13.9. The highest BCUT2D eigenvalue weighted by Gasteiger charge is 2.03. The summed E-state index contributed by atoms with van der Waals surface area (Å²) in [5.74, 6) is 1.10. The maximum atomic E-state index is 11.9. The number of aryl methyl sites for hydroxylation is 2. The van der Waals surface area contributed by atoms with Gasteiger partial charge in [-0.1, -0.05) is 35.4 Å². The molecule has 0 saturated heterocycles. The van der Waals surface area contributed by atoms with Crippen LogP contribution in [0, 0.1) is 13.8 Å². The Morgan fingerprint density at radius 1 is 1.19 bits per heavy atom. The lowest BCUT2D eigenvalue weighted by Crippen LogP contribution is -2.19. The van der Waals surface area contributed by atoms with Crippen LogP contribution in [0.1, 0.15) is 22.3 Å². The minimum atomic E-state index is -0.0976. The van der Waals surface area contributed by atoms with Gasteiger partial charge in [0.1, 0.15) is 0 Å². The molecule has 0 aliphatic heterocycles. The molecular formula is C20H24BrN3OS. The second-order valence-corrected chi connectivity index (χ2v) is 8.23. The van der Waals surface area contributed by atoms with Gasteiger partial charge >= 0.3 is 0 Å². The smallest absolute Gasteiger partial charge is 0.250 e. The second kappa shape index (κ2) is 9.78. The van der Waals surface area contributed by atoms with Gasteiger partial charge in [0.05, 0.1) is 17.7 Å². The molecule has 2 rings (SSSR count). The first kappa shape index (κ1) is 20.5. The van der Waals surface area contributed by atoms with Crippen molar-refractivity contribution in [3.8, 4) is 0 Å². The Bertz CT molecular complexity index is 785. The van der Waals surface area contributed by atoms with E-state index in [4.69, 9.17) is 0 Å². The molecule has 0 atom stereocenters. The zero-order valence-electron chi connectivity index (χ0n) is 15.5. The number of carbonyl (C=O) groups excluding carboxylic acids is 1. The van der Waals surface area contributed by atoms with Crippen molar-refractivity contribution in [2.75, 3.05) is 24.7 Å². The fourth-order valence-corrected chi connectivity index (χ4v) is 4.10. The topological polar surface area (TPSA) is 44.7 Å². The van der Waals surface area contributed by atoms with Gasteiger partial charge in [-0.25, -0.2) is 5.43 Å². The summed E-state index contributed by atoms with van der Waals surface area (Å²) < 4.78 is 0.988. The minimum absolute atomic E-state index is 0.0976. The van der Waals surface area contributed by atoms with Crippen molar-refractivity contribution in [1.82, 2.24) is 5.43 Å². The molecule has 0 aromatic heterocycles. The largest absolute Gasteiger partial charge is 0.377 e. The number of hydrogen-bond donors (Lipinski definition) is 1. The van der Waals surface area contributed by atoms with Gasteiger partial charge in [-0.05, 0) is 53.0 Å². The number of hydrazone groups is 1. The Morgan fingerprint density at radius 3 is 2.50 bits per heavy atom. The predicted octanol–water partition coefficient (Wildman–Crippen LogP) is 4.52. The third-order valence-electron chi connectivity index (χ3n) is 3.64. The fourth-order valence-electron chi connectivity index (χ4n) is 2.59. The van der Waals surface area contributed by atoms with Crippen LogP contribution in [0.3, 0.4) is 0 Å². The number of halogens is 1. The van der Waals surface area contributed by atoms with Crippen LogP contribution in [0.5, 0.6) is 0 Å². The number of rotatable bonds is 7. The minimum Gasteiger partial charge on any atom is -0.377 e. The van der Waals surface area contributed by atoms with E-state index in [9.17, 15) is 4.79 Å². The number of carbonyl (C=O) groups is 1. The lowest BCUT2D eigenvalue weighted by atomic mass is 10.1. The van der Waals surface area contributed by atoms with E-state index < -0.39 is 0 Å². The molecule has 0 aliphatic carbocycles. The van der Waals surface area contributed by atoms with Crippen molar-refractivity contribution in [2.45, 2.75) is 19.6 Å². The van der Waals surface area contributed by atoms with Crippen LogP contribution >= 0.6 is 27.7 Å². The van der Waals surface area contributed by atoms with Gasteiger partial charge in [-0.15, -0.1) is 11.8 Å². The first-order valence-electron chi connectivity index (χ1n) is 8.29. The van der Waals surface area contributed by atoms with Gasteiger partial charge in [0.15, 0.2) is 0 Å². The Hall–Kier alpha value is -1.79. The number of amides is 1. The Balaban J connectivity index is 1.79. The number of thioether (sulfide) groups is 1. The summed E-state index contributed by atoms with van der Waals surface area (Å²) >= 11 is 5.13. The van der Waals surface area contributed by atoms with Crippen molar-refractivity contribution < 1.29 is 4.79 Å². The van der Waals surface area contributed by atoms with Crippen molar-refractivity contribution in [2.24, 2.45) is 5.10 Å². The van der Waals surface area contributed by atoms with Crippen LogP contribution in [0.25, 0.3) is 0 Å². The quantitative estimate of drug-likeness (QED) is 0.515. The first-order chi connectivity index (χ1) is 12.3. The Morgan fingerprint density at radius 2 is 1.88 bits per heavy atom. The van der Waals surface area contributed by atoms with Gasteiger partial charge in [0.2, 0.25) is 5.91 Å². The summed E-state index contributed by atoms with van der Waals surface area (Å²) in [6, 6.07) is 12.4. The van der Waals surface area contributed by atoms with Gasteiger partial charge in [-0.3, -0.25) is 4.79 Å². The van der Waals surface area contributed by atoms with Crippen molar-refractivity contribution in [3.63, 3.8) is 0 Å². The van der Waals surface area contributed by atoms with Crippen LogP contribution in [0.4, 0.5) is 5.69 Å². The Labute approximate surface area is 168 Å². The molecular weight excluding hydrogens is 410 g/mol. The zero-order valence-corrected chi connectivity index (χ0v) is 17.9. The first-order valence-corrected chi connectivity index (χ1v) is 10.2. The van der Waals surface area contributed by atoms with E-state index in [1.54, 1.807) is 18.0 Å². The SMILES string of the molecule is Cc1cc(C)cc(CSCC(=O)N/N=C/c2ccc(N(C)C)c(Br)c2)c1. The molecule has 0 unspecified atom stereocenters. The third kappa shape index (κ3) is 6.50. The summed E-state index contributed by atoms with van der Waals surface area (Å²) in [6.45, 7) is 4.18. The number of nitrogens with one attached hydrogen (secondary N) is 1. The molecule has 138 valence electrons. The molecule has 0 radical (unpaired) electrons. The molecule has 26 heavy (non-hydrogen) atoms. The summed E-state index contributed by atoms with van der Waals surface area (Å²) in [5.41, 5.74) is 8.34. The standard InChI is InChI=1S/C20H24BrN3OS/c1-14-7-15(2)9-17(8-14)12-26-13-20(25)23-22-11-16-5-6-19(24(3)4)18(21)10-16/h5-11H,12-13H2,1-4H3,(H,23,25)/b22-11+. The van der Waals surface area contributed by atoms with Gasteiger partial charge in [0.25, 0.3) is 0 Å². The van der Waals surface area contributed by atoms with Gasteiger partial charge < -0.3 is 4.90 Å². The molecule has 1 amide bonds. The van der Waals surface area contributed by atoms with Crippen LogP contribution in [-0.2, 0) is 10.5 Å². The highest BCUT2D eigenvalue weighted by atomic mass is 79.9. The number of hydrogen-bond acceptors (Lipinski definition) is 4. The molecule has 0 heterocycles. The molecule has 2 aromatic rings. The van der Waals surface area contributed by atoms with Crippen LogP contribution in [0.15, 0.2) is 46.0 Å². The van der Waals surface area contributed by atoms with E-state index in [0.29, 0.717) is 5.75 Å². The molecule has 0 aliphatic rings. The number of anilines is 1. The van der Waals surface area contributed by atoms with E-state index >= 15 is 0 Å². The second-order valence-electron chi connectivity index (χ2n) is 6.39. The van der Waals surface area contributed by atoms with Crippen LogP contribution in [-0.4, -0.2) is 32.0 Å². The monoisotopic (exact) mass is 433 g/mol. The molecule has 1 N–H and O–H groups in total. The average molecular weight is 434 g/mol. The third-order valence-corrected chi connectivity index (χ3v) is 5.28. The van der Waals surface area contributed by atoms with E-state index in [1.807, 2.05) is 37.2 Å². The highest BCUT2D eigenvalue weighted by Crippen LogP contribution is 2.25. The molecule has 0 spiro atoms. The maximum Gasteiger partial charge on any atom is 0.250 e. The summed E-state index contributed by atoms with van der Waals surface area (Å²) in [7, 11) is 3.98. The predicted molar refractivity (Wildman–Crippen MR) is 116 cm³/mol. The van der Waals surface area contributed by atoms with Gasteiger partial charge in [0, 0.05) is 24.3 Å². The molecule has 0 fully saturated rings. The van der Waals surface area contributed by atoms with Crippen molar-refractivity contribution >= 4 is 45.5 Å². The number of benzene rings is 2. The lowest BCUT2D eigenvalue weighted by molar-refractivity contribution is -0.118. The molecule has 4 nitrogen and oxygen atoms in total. The zero-order chi connectivity index (χ0) is 19.1. The van der Waals surface area contributed by atoms with E-state index in [1.165, 1.54) is 16.7 Å². The molecule has 0 saturated carbocycles. The Kier molecular flexibility index (Phi) is 7.72. The van der Waals surface area contributed by atoms with E-state index in [0.717, 1.165) is 21.5 Å². The fraction of sp³-hybridized carbons (Fsp3) is 0.300. The van der Waals surface area contributed by atoms with E-state index in [2.05, 4.69) is 58.5 Å². The molecule has 2 aromatic carbocycles.